The van der Waals surface area contributed by atoms with Crippen LogP contribution in [0.4, 0.5) is 5.69 Å². The van der Waals surface area contributed by atoms with Gasteiger partial charge in [0.15, 0.2) is 0 Å². The third-order valence-electron chi connectivity index (χ3n) is 4.82. The number of anilines is 1. The molecule has 2 atom stereocenters. The van der Waals surface area contributed by atoms with Crippen molar-refractivity contribution in [2.45, 2.75) is 44.2 Å². The SMILES string of the molecule is O=C1CC2CCCC(C1)N2c1ccc2ccccc2c1. The Morgan fingerprint density at radius 1 is 0.900 bits per heavy atom. The minimum Gasteiger partial charge on any atom is -0.365 e. The molecule has 2 fully saturated rings. The smallest absolute Gasteiger partial charge is 0.137 e. The Morgan fingerprint density at radius 2 is 1.60 bits per heavy atom. The first kappa shape index (κ1) is 12.0. The van der Waals surface area contributed by atoms with E-state index < -0.39 is 0 Å². The Kier molecular flexibility index (Phi) is 2.76. The highest BCUT2D eigenvalue weighted by molar-refractivity contribution is 5.87. The molecule has 2 aromatic carbocycles. The van der Waals surface area contributed by atoms with Crippen molar-refractivity contribution in [2.24, 2.45) is 0 Å². The lowest BCUT2D eigenvalue weighted by Gasteiger charge is -2.47. The third kappa shape index (κ3) is 1.91. The molecule has 0 spiro atoms. The summed E-state index contributed by atoms with van der Waals surface area (Å²) in [6.45, 7) is 0. The van der Waals surface area contributed by atoms with Gasteiger partial charge in [0.1, 0.15) is 5.78 Å². The summed E-state index contributed by atoms with van der Waals surface area (Å²) in [5.74, 6) is 0.455. The molecule has 0 N–H and O–H groups in total. The lowest BCUT2D eigenvalue weighted by Crippen LogP contribution is -2.52. The molecule has 20 heavy (non-hydrogen) atoms. The van der Waals surface area contributed by atoms with E-state index in [2.05, 4.69) is 47.4 Å². The fourth-order valence-electron chi connectivity index (χ4n) is 3.93. The maximum Gasteiger partial charge on any atom is 0.137 e. The molecule has 0 radical (unpaired) electrons. The average molecular weight is 265 g/mol. The van der Waals surface area contributed by atoms with Crippen LogP contribution in [0.2, 0.25) is 0 Å². The molecule has 0 aromatic heterocycles. The van der Waals surface area contributed by atoms with Crippen LogP contribution in [0.1, 0.15) is 32.1 Å². The summed E-state index contributed by atoms with van der Waals surface area (Å²) in [6, 6.07) is 16.1. The number of hydrogen-bond donors (Lipinski definition) is 0. The van der Waals surface area contributed by atoms with Crippen molar-refractivity contribution >= 4 is 22.2 Å². The Bertz CT molecular complexity index is 647. The minimum atomic E-state index is 0.427. The van der Waals surface area contributed by atoms with Crippen molar-refractivity contribution in [3.63, 3.8) is 0 Å². The van der Waals surface area contributed by atoms with Gasteiger partial charge in [0.2, 0.25) is 0 Å². The second kappa shape index (κ2) is 4.62. The fourth-order valence-corrected chi connectivity index (χ4v) is 3.93. The number of benzene rings is 2. The first-order valence-electron chi connectivity index (χ1n) is 7.60. The summed E-state index contributed by atoms with van der Waals surface area (Å²) in [4.78, 5) is 14.4. The monoisotopic (exact) mass is 265 g/mol. The van der Waals surface area contributed by atoms with E-state index in [4.69, 9.17) is 0 Å². The van der Waals surface area contributed by atoms with Crippen LogP contribution in [0.15, 0.2) is 42.5 Å². The molecule has 2 saturated heterocycles. The van der Waals surface area contributed by atoms with Gasteiger partial charge in [-0.25, -0.2) is 0 Å². The fraction of sp³-hybridized carbons (Fsp3) is 0.389. The van der Waals surface area contributed by atoms with Crippen LogP contribution >= 0.6 is 0 Å². The zero-order valence-corrected chi connectivity index (χ0v) is 11.6. The van der Waals surface area contributed by atoms with Crippen LogP contribution in [0.25, 0.3) is 10.8 Å². The average Bonchev–Trinajstić information content (AvgIpc) is 2.46. The number of fused-ring (bicyclic) bond motifs is 3. The zero-order chi connectivity index (χ0) is 13.5. The Hall–Kier alpha value is -1.83. The van der Waals surface area contributed by atoms with Gasteiger partial charge in [-0.1, -0.05) is 30.3 Å². The van der Waals surface area contributed by atoms with Gasteiger partial charge in [-0.15, -0.1) is 0 Å². The number of ketones is 1. The minimum absolute atomic E-state index is 0.427. The standard InChI is InChI=1S/C18H19NO/c20-18-11-15-6-3-7-16(12-18)19(15)17-9-8-13-4-1-2-5-14(13)10-17/h1-2,4-5,8-10,15-16H,3,6-7,11-12H2. The van der Waals surface area contributed by atoms with Gasteiger partial charge in [-0.05, 0) is 42.2 Å². The summed E-state index contributed by atoms with van der Waals surface area (Å²) < 4.78 is 0. The molecule has 2 heterocycles. The summed E-state index contributed by atoms with van der Waals surface area (Å²) in [7, 11) is 0. The van der Waals surface area contributed by atoms with Crippen molar-refractivity contribution in [1.29, 1.82) is 0 Å². The van der Waals surface area contributed by atoms with Crippen molar-refractivity contribution in [3.05, 3.63) is 42.5 Å². The molecule has 2 heteroatoms. The largest absolute Gasteiger partial charge is 0.365 e. The van der Waals surface area contributed by atoms with E-state index in [1.54, 1.807) is 0 Å². The first-order chi connectivity index (χ1) is 9.81. The van der Waals surface area contributed by atoms with E-state index in [0.717, 1.165) is 25.7 Å². The van der Waals surface area contributed by atoms with Gasteiger partial charge < -0.3 is 4.90 Å². The summed E-state index contributed by atoms with van der Waals surface area (Å²) in [5, 5.41) is 2.58. The van der Waals surface area contributed by atoms with Crippen molar-refractivity contribution < 1.29 is 4.79 Å². The predicted octanol–water partition coefficient (Wildman–Crippen LogP) is 3.93. The molecule has 2 unspecified atom stereocenters. The molecule has 2 aliphatic heterocycles. The van der Waals surface area contributed by atoms with Crippen molar-refractivity contribution in [2.75, 3.05) is 4.90 Å². The maximum atomic E-state index is 11.8. The van der Waals surface area contributed by atoms with E-state index in [1.807, 2.05) is 0 Å². The van der Waals surface area contributed by atoms with Crippen LogP contribution in [0.3, 0.4) is 0 Å². The van der Waals surface area contributed by atoms with Crippen molar-refractivity contribution in [1.82, 2.24) is 0 Å². The van der Waals surface area contributed by atoms with Gasteiger partial charge in [0.05, 0.1) is 0 Å². The molecule has 2 nitrogen and oxygen atoms in total. The van der Waals surface area contributed by atoms with Gasteiger partial charge in [0, 0.05) is 30.6 Å². The lowest BCUT2D eigenvalue weighted by atomic mass is 9.83. The van der Waals surface area contributed by atoms with Gasteiger partial charge in [-0.2, -0.15) is 0 Å². The molecular formula is C18H19NO. The number of rotatable bonds is 1. The number of hydrogen-bond acceptors (Lipinski definition) is 2. The topological polar surface area (TPSA) is 20.3 Å². The molecule has 2 aromatic rings. The number of piperidine rings is 2. The number of Topliss-reactive ketones (excluding diaryl/α,β-unsaturated/α-hetero) is 1. The van der Waals surface area contributed by atoms with E-state index >= 15 is 0 Å². The molecule has 0 aliphatic carbocycles. The van der Waals surface area contributed by atoms with Crippen LogP contribution in [-0.4, -0.2) is 17.9 Å². The molecule has 0 amide bonds. The number of carbonyl (C=O) groups excluding carboxylic acids is 1. The van der Waals surface area contributed by atoms with E-state index in [0.29, 0.717) is 17.9 Å². The quantitative estimate of drug-likeness (QED) is 0.778. The van der Waals surface area contributed by atoms with E-state index in [-0.39, 0.29) is 0 Å². The summed E-state index contributed by atoms with van der Waals surface area (Å²) >= 11 is 0. The highest BCUT2D eigenvalue weighted by atomic mass is 16.1. The summed E-state index contributed by atoms with van der Waals surface area (Å²) in [5.41, 5.74) is 1.30. The number of nitrogens with zero attached hydrogens (tertiary/aromatic N) is 1. The molecular weight excluding hydrogens is 246 g/mol. The van der Waals surface area contributed by atoms with Crippen LogP contribution < -0.4 is 4.90 Å². The lowest BCUT2D eigenvalue weighted by molar-refractivity contribution is -0.121. The van der Waals surface area contributed by atoms with Gasteiger partial charge in [0.25, 0.3) is 0 Å². The molecule has 0 saturated carbocycles. The van der Waals surface area contributed by atoms with Crippen LogP contribution in [-0.2, 0) is 4.79 Å². The van der Waals surface area contributed by atoms with E-state index in [1.165, 1.54) is 22.9 Å². The Morgan fingerprint density at radius 3 is 2.35 bits per heavy atom. The Labute approximate surface area is 119 Å². The second-order valence-electron chi connectivity index (χ2n) is 6.12. The molecule has 4 rings (SSSR count). The molecule has 2 aliphatic rings. The first-order valence-corrected chi connectivity index (χ1v) is 7.60. The number of carbonyl (C=O) groups is 1. The highest BCUT2D eigenvalue weighted by Crippen LogP contribution is 2.37. The van der Waals surface area contributed by atoms with Gasteiger partial charge >= 0.3 is 0 Å². The normalized spacial score (nSPS) is 26.0. The van der Waals surface area contributed by atoms with Crippen molar-refractivity contribution in [3.8, 4) is 0 Å². The van der Waals surface area contributed by atoms with Gasteiger partial charge in [-0.3, -0.25) is 4.79 Å². The molecule has 102 valence electrons. The van der Waals surface area contributed by atoms with Crippen LogP contribution in [0.5, 0.6) is 0 Å². The Balaban J connectivity index is 1.76. The third-order valence-corrected chi connectivity index (χ3v) is 4.82. The van der Waals surface area contributed by atoms with Crippen LogP contribution in [0, 0.1) is 0 Å². The highest BCUT2D eigenvalue weighted by Gasteiger charge is 2.37. The maximum absolute atomic E-state index is 11.8. The van der Waals surface area contributed by atoms with E-state index in [9.17, 15) is 4.79 Å². The second-order valence-corrected chi connectivity index (χ2v) is 6.12. The predicted molar refractivity (Wildman–Crippen MR) is 82.1 cm³/mol. The zero-order valence-electron chi connectivity index (χ0n) is 11.6. The molecule has 2 bridgehead atoms. The summed E-state index contributed by atoms with van der Waals surface area (Å²) in [6.07, 6.45) is 5.07.